The Morgan fingerprint density at radius 3 is 1.52 bits per heavy atom. The highest BCUT2D eigenvalue weighted by Gasteiger charge is 2.44. The summed E-state index contributed by atoms with van der Waals surface area (Å²) in [4.78, 5) is 71.3. The Morgan fingerprint density at radius 2 is 1.03 bits per heavy atom. The Bertz CT molecular complexity index is 2350. The van der Waals surface area contributed by atoms with Crippen molar-refractivity contribution in [3.8, 4) is 33.6 Å². The lowest BCUT2D eigenvalue weighted by molar-refractivity contribution is -0.135. The van der Waals surface area contributed by atoms with Crippen LogP contribution in [-0.2, 0) is 19.1 Å². The third kappa shape index (κ3) is 7.50. The lowest BCUT2D eigenvalue weighted by Crippen LogP contribution is -2.49. The van der Waals surface area contributed by atoms with Crippen molar-refractivity contribution in [2.45, 2.75) is 75.5 Å². The number of nitrogens with one attached hydrogen (secondary N) is 4. The zero-order valence-corrected chi connectivity index (χ0v) is 32.7. The second-order valence-corrected chi connectivity index (χ2v) is 16.0. The molecule has 2 saturated heterocycles. The molecule has 0 radical (unpaired) electrons. The monoisotopic (exact) mass is 784 g/mol. The summed E-state index contributed by atoms with van der Waals surface area (Å²) in [7, 11) is 2.63. The molecule has 300 valence electrons. The lowest BCUT2D eigenvalue weighted by atomic mass is 9.98. The van der Waals surface area contributed by atoms with E-state index in [0.717, 1.165) is 107 Å². The Balaban J connectivity index is 0.864. The van der Waals surface area contributed by atoms with Crippen molar-refractivity contribution in [3.63, 3.8) is 0 Å². The second-order valence-electron chi connectivity index (χ2n) is 16.0. The maximum atomic E-state index is 13.6. The minimum Gasteiger partial charge on any atom is -0.453 e. The minimum absolute atomic E-state index is 0.0736. The first-order valence-electron chi connectivity index (χ1n) is 20.3. The molecule has 2 aliphatic heterocycles. The van der Waals surface area contributed by atoms with Gasteiger partial charge >= 0.3 is 12.2 Å². The molecule has 3 aromatic carbocycles. The fraction of sp³-hybridized carbons (Fsp3) is 0.409. The van der Waals surface area contributed by atoms with Crippen molar-refractivity contribution in [2.24, 2.45) is 11.8 Å². The van der Waals surface area contributed by atoms with E-state index in [1.54, 1.807) is 0 Å². The van der Waals surface area contributed by atoms with Crippen LogP contribution >= 0.6 is 0 Å². The van der Waals surface area contributed by atoms with Crippen molar-refractivity contribution in [1.82, 2.24) is 40.4 Å². The number of carbonyl (C=O) groups excluding carboxylic acids is 4. The molecule has 4 heterocycles. The molecule has 9 rings (SSSR count). The van der Waals surface area contributed by atoms with Gasteiger partial charge in [0.25, 0.3) is 0 Å². The third-order valence-corrected chi connectivity index (χ3v) is 12.2. The van der Waals surface area contributed by atoms with Crippen LogP contribution in [0.5, 0.6) is 0 Å². The molecule has 2 aliphatic carbocycles. The van der Waals surface area contributed by atoms with Crippen LogP contribution < -0.4 is 10.6 Å². The maximum absolute atomic E-state index is 13.6. The Labute approximate surface area is 336 Å². The van der Waals surface area contributed by atoms with Crippen molar-refractivity contribution in [1.29, 1.82) is 0 Å². The van der Waals surface area contributed by atoms with Gasteiger partial charge in [-0.2, -0.15) is 0 Å². The van der Waals surface area contributed by atoms with Gasteiger partial charge in [0, 0.05) is 18.7 Å². The average molecular weight is 785 g/mol. The van der Waals surface area contributed by atoms with E-state index >= 15 is 0 Å². The van der Waals surface area contributed by atoms with E-state index in [4.69, 9.17) is 19.4 Å². The summed E-state index contributed by atoms with van der Waals surface area (Å²) >= 11 is 0. The smallest absolute Gasteiger partial charge is 0.407 e. The summed E-state index contributed by atoms with van der Waals surface area (Å²) in [5, 5.41) is 7.74. The molecule has 5 aromatic rings. The van der Waals surface area contributed by atoms with Crippen LogP contribution in [0.2, 0.25) is 0 Å². The van der Waals surface area contributed by atoms with Crippen LogP contribution in [0.3, 0.4) is 0 Å². The number of imidazole rings is 2. The van der Waals surface area contributed by atoms with Crippen molar-refractivity contribution in [3.05, 3.63) is 84.7 Å². The number of aromatic amines is 2. The zero-order chi connectivity index (χ0) is 39.9. The van der Waals surface area contributed by atoms with Gasteiger partial charge in [0.2, 0.25) is 11.8 Å². The number of hydrogen-bond acceptors (Lipinski definition) is 8. The number of amides is 4. The van der Waals surface area contributed by atoms with E-state index in [-0.39, 0.29) is 35.7 Å². The molecule has 4 unspecified atom stereocenters. The van der Waals surface area contributed by atoms with Gasteiger partial charge in [-0.1, -0.05) is 48.5 Å². The largest absolute Gasteiger partial charge is 0.453 e. The van der Waals surface area contributed by atoms with Gasteiger partial charge in [0.05, 0.1) is 50.1 Å². The van der Waals surface area contributed by atoms with Gasteiger partial charge in [-0.3, -0.25) is 9.59 Å². The van der Waals surface area contributed by atoms with Gasteiger partial charge < -0.3 is 39.9 Å². The summed E-state index contributed by atoms with van der Waals surface area (Å²) in [5.41, 5.74) is 5.96. The normalized spacial score (nSPS) is 20.2. The quantitative estimate of drug-likeness (QED) is 0.112. The number of benzene rings is 3. The molecule has 58 heavy (non-hydrogen) atoms. The molecule has 2 saturated carbocycles. The molecule has 2 aromatic heterocycles. The summed E-state index contributed by atoms with van der Waals surface area (Å²) in [5.74, 6) is 1.65. The Kier molecular flexibility index (Phi) is 10.1. The molecular weight excluding hydrogens is 737 g/mol. The van der Waals surface area contributed by atoms with Gasteiger partial charge in [-0.05, 0) is 103 Å². The Hall–Kier alpha value is -6.18. The van der Waals surface area contributed by atoms with Crippen molar-refractivity contribution < 1.29 is 28.7 Å². The first-order chi connectivity index (χ1) is 28.3. The van der Waals surface area contributed by atoms with Crippen molar-refractivity contribution >= 4 is 34.8 Å². The van der Waals surface area contributed by atoms with Crippen LogP contribution in [0.15, 0.2) is 73.1 Å². The molecule has 4 N–H and O–H groups in total. The summed E-state index contributed by atoms with van der Waals surface area (Å²) < 4.78 is 9.59. The third-order valence-electron chi connectivity index (χ3n) is 12.2. The number of H-pyrrole nitrogens is 2. The molecule has 14 heteroatoms. The minimum atomic E-state index is -0.582. The van der Waals surface area contributed by atoms with Gasteiger partial charge in [0.15, 0.2) is 0 Å². The van der Waals surface area contributed by atoms with E-state index < -0.39 is 24.3 Å². The number of methoxy groups -OCH3 is 2. The number of aromatic nitrogens is 4. The highest BCUT2D eigenvalue weighted by Crippen LogP contribution is 2.40. The number of carbonyl (C=O) groups is 4. The van der Waals surface area contributed by atoms with E-state index in [1.165, 1.54) is 14.2 Å². The summed E-state index contributed by atoms with van der Waals surface area (Å²) in [6.07, 6.45) is 9.52. The van der Waals surface area contributed by atoms with E-state index in [0.29, 0.717) is 13.1 Å². The van der Waals surface area contributed by atoms with E-state index in [1.807, 2.05) is 22.2 Å². The number of hydrogen-bond donors (Lipinski definition) is 4. The number of ether oxygens (including phenoxy) is 2. The summed E-state index contributed by atoms with van der Waals surface area (Å²) in [6, 6.07) is 19.7. The molecule has 0 bridgehead atoms. The molecular formula is C44H48N8O6. The van der Waals surface area contributed by atoms with Crippen LogP contribution in [0, 0.1) is 11.8 Å². The number of nitrogens with zero attached hydrogens (tertiary/aromatic N) is 4. The first-order valence-corrected chi connectivity index (χ1v) is 20.3. The summed E-state index contributed by atoms with van der Waals surface area (Å²) in [6.45, 7) is 1.25. The molecule has 4 atom stereocenters. The predicted molar refractivity (Wildman–Crippen MR) is 216 cm³/mol. The van der Waals surface area contributed by atoms with Crippen LogP contribution in [-0.4, -0.2) is 93.1 Å². The van der Waals surface area contributed by atoms with Gasteiger partial charge in [-0.25, -0.2) is 19.6 Å². The number of alkyl carbamates (subject to hydrolysis) is 2. The fourth-order valence-corrected chi connectivity index (χ4v) is 8.72. The van der Waals surface area contributed by atoms with Crippen LogP contribution in [0.4, 0.5) is 9.59 Å². The average Bonchev–Trinajstić information content (AvgIpc) is 3.97. The fourth-order valence-electron chi connectivity index (χ4n) is 8.72. The second kappa shape index (κ2) is 15.6. The predicted octanol–water partition coefficient (Wildman–Crippen LogP) is 6.88. The lowest BCUT2D eigenvalue weighted by Gasteiger charge is -2.28. The van der Waals surface area contributed by atoms with Crippen LogP contribution in [0.25, 0.3) is 44.4 Å². The number of rotatable bonds is 11. The molecule has 4 fully saturated rings. The molecule has 4 aliphatic rings. The highest BCUT2D eigenvalue weighted by molar-refractivity contribution is 5.91. The van der Waals surface area contributed by atoms with Crippen molar-refractivity contribution in [2.75, 3.05) is 27.3 Å². The number of fused-ring (bicyclic) bond motifs is 1. The maximum Gasteiger partial charge on any atom is 0.407 e. The topological polar surface area (TPSA) is 175 Å². The van der Waals surface area contributed by atoms with E-state index in [9.17, 15) is 19.2 Å². The van der Waals surface area contributed by atoms with Gasteiger partial charge in [-0.15, -0.1) is 0 Å². The highest BCUT2D eigenvalue weighted by atomic mass is 16.5. The first kappa shape index (κ1) is 37.4. The van der Waals surface area contributed by atoms with Gasteiger partial charge in [0.1, 0.15) is 23.7 Å². The van der Waals surface area contributed by atoms with Crippen LogP contribution in [0.1, 0.15) is 75.1 Å². The van der Waals surface area contributed by atoms with E-state index in [2.05, 4.69) is 81.3 Å². The number of likely N-dealkylation sites (tertiary alicyclic amines) is 2. The SMILES string of the molecule is COC(=O)NC(C(=O)N1CCCC1c1ncc(-c2ccc(-c3ccc4cc(-c5cnc(C6CCCN6C(=O)C(NC(=O)OC)C6CC6)[nH]5)ccc4c3)cc2)[nH]1)C1CC1. The molecule has 14 nitrogen and oxygen atoms in total. The molecule has 0 spiro atoms. The zero-order valence-electron chi connectivity index (χ0n) is 32.7. The molecule has 4 amide bonds. The Morgan fingerprint density at radius 1 is 0.603 bits per heavy atom. The standard InChI is InChI=1S/C44H48N8O6/c1-57-43(55)49-37(27-11-12-27)41(53)51-19-3-5-35(51)39-45-23-33(47-39)26-9-7-25(8-10-26)29-15-16-31-22-32(18-17-30(31)21-29)34-24-46-40(48-34)36-6-4-20-52(36)42(54)38(28-13-14-28)50-44(56)58-2/h7-10,15-18,21-24,27-28,35-38H,3-6,11-14,19-20H2,1-2H3,(H,45,47)(H,46,48)(H,49,55)(H,50,56).